The van der Waals surface area contributed by atoms with Gasteiger partial charge in [-0.3, -0.25) is 14.5 Å². The van der Waals surface area contributed by atoms with E-state index >= 15 is 0 Å². The highest BCUT2D eigenvalue weighted by Gasteiger charge is 2.47. The molecule has 2 aliphatic rings. The number of fused-ring (bicyclic) bond motifs is 1. The first-order chi connectivity index (χ1) is 8.16. The highest BCUT2D eigenvalue weighted by atomic mass is 16.2. The maximum Gasteiger partial charge on any atom is 0.230 e. The van der Waals surface area contributed by atoms with E-state index in [9.17, 15) is 9.59 Å². The molecule has 2 aliphatic heterocycles. The molecule has 0 spiro atoms. The van der Waals surface area contributed by atoms with Gasteiger partial charge in [0, 0.05) is 24.8 Å². The Labute approximate surface area is 100 Å². The van der Waals surface area contributed by atoms with E-state index in [1.54, 1.807) is 0 Å². The van der Waals surface area contributed by atoms with E-state index in [0.29, 0.717) is 12.8 Å². The van der Waals surface area contributed by atoms with Gasteiger partial charge in [-0.2, -0.15) is 0 Å². The van der Waals surface area contributed by atoms with Crippen molar-refractivity contribution in [1.82, 2.24) is 4.90 Å². The molecule has 0 aromatic heterocycles. The van der Waals surface area contributed by atoms with Crippen LogP contribution in [0.15, 0.2) is 24.3 Å². The SMILES string of the molecule is Cc1ccc([C@H]2CC(=O)N3C(=O)CC[C@H]23)cc1. The van der Waals surface area contributed by atoms with E-state index in [2.05, 4.69) is 31.2 Å². The number of imide groups is 1. The average molecular weight is 229 g/mol. The molecule has 2 heterocycles. The lowest BCUT2D eigenvalue weighted by Gasteiger charge is -2.19. The van der Waals surface area contributed by atoms with Crippen LogP contribution < -0.4 is 0 Å². The number of carbonyl (C=O) groups excluding carboxylic acids is 2. The maximum absolute atomic E-state index is 11.8. The van der Waals surface area contributed by atoms with E-state index in [0.717, 1.165) is 6.42 Å². The third kappa shape index (κ3) is 1.57. The summed E-state index contributed by atoms with van der Waals surface area (Å²) in [6.45, 7) is 2.05. The van der Waals surface area contributed by atoms with Crippen LogP contribution in [0.3, 0.4) is 0 Å². The quantitative estimate of drug-likeness (QED) is 0.691. The molecule has 2 atom stereocenters. The molecule has 3 heteroatoms. The molecule has 0 radical (unpaired) electrons. The smallest absolute Gasteiger partial charge is 0.230 e. The summed E-state index contributed by atoms with van der Waals surface area (Å²) in [5.74, 6) is 0.215. The predicted octanol–water partition coefficient (Wildman–Crippen LogP) is 2.00. The van der Waals surface area contributed by atoms with Crippen molar-refractivity contribution in [2.24, 2.45) is 0 Å². The molecular formula is C14H15NO2. The van der Waals surface area contributed by atoms with Gasteiger partial charge < -0.3 is 0 Å². The number of hydrogen-bond acceptors (Lipinski definition) is 2. The summed E-state index contributed by atoms with van der Waals surface area (Å²) in [5.41, 5.74) is 2.41. The Kier molecular flexibility index (Phi) is 2.28. The molecule has 2 amide bonds. The van der Waals surface area contributed by atoms with Gasteiger partial charge >= 0.3 is 0 Å². The Hall–Kier alpha value is -1.64. The summed E-state index contributed by atoms with van der Waals surface area (Å²) in [4.78, 5) is 24.9. The lowest BCUT2D eigenvalue weighted by atomic mass is 9.90. The zero-order valence-corrected chi connectivity index (χ0v) is 9.85. The molecular weight excluding hydrogens is 214 g/mol. The molecule has 0 bridgehead atoms. The van der Waals surface area contributed by atoms with Crippen molar-refractivity contribution in [3.8, 4) is 0 Å². The monoisotopic (exact) mass is 229 g/mol. The lowest BCUT2D eigenvalue weighted by Crippen LogP contribution is -2.32. The minimum atomic E-state index is 0.00285. The molecule has 2 fully saturated rings. The number of amides is 2. The van der Waals surface area contributed by atoms with Gasteiger partial charge in [-0.15, -0.1) is 0 Å². The maximum atomic E-state index is 11.8. The second kappa shape index (κ2) is 3.69. The summed E-state index contributed by atoms with van der Waals surface area (Å²) in [7, 11) is 0. The molecule has 0 saturated carbocycles. The third-order valence-corrected chi connectivity index (χ3v) is 3.89. The molecule has 3 nitrogen and oxygen atoms in total. The van der Waals surface area contributed by atoms with E-state index in [1.807, 2.05) is 0 Å². The second-order valence-corrected chi connectivity index (χ2v) is 4.98. The second-order valence-electron chi connectivity index (χ2n) is 4.98. The molecule has 88 valence electrons. The highest BCUT2D eigenvalue weighted by molar-refractivity contribution is 5.99. The molecule has 17 heavy (non-hydrogen) atoms. The molecule has 3 rings (SSSR count). The first kappa shape index (κ1) is 10.5. The van der Waals surface area contributed by atoms with Gasteiger partial charge in [0.1, 0.15) is 0 Å². The van der Waals surface area contributed by atoms with E-state index in [4.69, 9.17) is 0 Å². The summed E-state index contributed by atoms with van der Waals surface area (Å²) >= 11 is 0. The van der Waals surface area contributed by atoms with Crippen molar-refractivity contribution in [3.63, 3.8) is 0 Å². The fraction of sp³-hybridized carbons (Fsp3) is 0.429. The van der Waals surface area contributed by atoms with E-state index < -0.39 is 0 Å². The summed E-state index contributed by atoms with van der Waals surface area (Å²) < 4.78 is 0. The van der Waals surface area contributed by atoms with Crippen molar-refractivity contribution >= 4 is 11.8 Å². The van der Waals surface area contributed by atoms with Crippen LogP contribution in [0.2, 0.25) is 0 Å². The van der Waals surface area contributed by atoms with E-state index in [1.165, 1.54) is 16.0 Å². The molecule has 0 unspecified atom stereocenters. The number of hydrogen-bond donors (Lipinski definition) is 0. The minimum absolute atomic E-state index is 0.00285. The van der Waals surface area contributed by atoms with Gasteiger partial charge in [-0.05, 0) is 18.9 Å². The number of aryl methyl sites for hydroxylation is 1. The fourth-order valence-electron chi connectivity index (χ4n) is 2.99. The lowest BCUT2D eigenvalue weighted by molar-refractivity contribution is -0.140. The van der Waals surface area contributed by atoms with Crippen LogP contribution in [0.4, 0.5) is 0 Å². The molecule has 0 aliphatic carbocycles. The standard InChI is InChI=1S/C14H15NO2/c1-9-2-4-10(5-3-9)11-8-14(17)15-12(11)6-7-13(15)16/h2-5,11-12H,6-8H2,1H3/t11-,12-/m1/s1. The first-order valence-corrected chi connectivity index (χ1v) is 6.08. The van der Waals surface area contributed by atoms with Crippen molar-refractivity contribution in [3.05, 3.63) is 35.4 Å². The van der Waals surface area contributed by atoms with Gasteiger partial charge in [-0.25, -0.2) is 0 Å². The van der Waals surface area contributed by atoms with Crippen LogP contribution in [0, 0.1) is 6.92 Å². The summed E-state index contributed by atoms with van der Waals surface area (Å²) in [6, 6.07) is 8.41. The normalized spacial score (nSPS) is 27.7. The van der Waals surface area contributed by atoms with Crippen LogP contribution in [-0.2, 0) is 9.59 Å². The van der Waals surface area contributed by atoms with Crippen LogP contribution >= 0.6 is 0 Å². The van der Waals surface area contributed by atoms with E-state index in [-0.39, 0.29) is 23.8 Å². The zero-order chi connectivity index (χ0) is 12.0. The summed E-state index contributed by atoms with van der Waals surface area (Å²) in [5, 5.41) is 0. The number of benzene rings is 1. The van der Waals surface area contributed by atoms with Crippen molar-refractivity contribution in [2.75, 3.05) is 0 Å². The van der Waals surface area contributed by atoms with Crippen LogP contribution in [0.5, 0.6) is 0 Å². The Morgan fingerprint density at radius 3 is 2.53 bits per heavy atom. The van der Waals surface area contributed by atoms with Crippen molar-refractivity contribution in [2.45, 2.75) is 38.1 Å². The van der Waals surface area contributed by atoms with Gasteiger partial charge in [0.05, 0.1) is 0 Å². The van der Waals surface area contributed by atoms with Gasteiger partial charge in [0.15, 0.2) is 0 Å². The minimum Gasteiger partial charge on any atom is -0.279 e. The molecule has 1 aromatic carbocycles. The molecule has 1 aromatic rings. The largest absolute Gasteiger partial charge is 0.279 e. The number of rotatable bonds is 1. The topological polar surface area (TPSA) is 37.4 Å². The van der Waals surface area contributed by atoms with Crippen molar-refractivity contribution in [1.29, 1.82) is 0 Å². The predicted molar refractivity (Wildman–Crippen MR) is 63.4 cm³/mol. The zero-order valence-electron chi connectivity index (χ0n) is 9.85. The molecule has 2 saturated heterocycles. The Bertz CT molecular complexity index is 478. The van der Waals surface area contributed by atoms with Gasteiger partial charge in [0.2, 0.25) is 11.8 Å². The Balaban J connectivity index is 1.93. The molecule has 0 N–H and O–H groups in total. The highest BCUT2D eigenvalue weighted by Crippen LogP contribution is 2.40. The van der Waals surface area contributed by atoms with Gasteiger partial charge in [-0.1, -0.05) is 29.8 Å². The fourth-order valence-corrected chi connectivity index (χ4v) is 2.99. The van der Waals surface area contributed by atoms with Gasteiger partial charge in [0.25, 0.3) is 0 Å². The Morgan fingerprint density at radius 1 is 1.12 bits per heavy atom. The third-order valence-electron chi connectivity index (χ3n) is 3.89. The Morgan fingerprint density at radius 2 is 1.82 bits per heavy atom. The van der Waals surface area contributed by atoms with Crippen LogP contribution in [-0.4, -0.2) is 22.8 Å². The number of carbonyl (C=O) groups is 2. The summed E-state index contributed by atoms with van der Waals surface area (Å²) in [6.07, 6.45) is 1.83. The first-order valence-electron chi connectivity index (χ1n) is 6.08. The average Bonchev–Trinajstić information content (AvgIpc) is 2.83. The van der Waals surface area contributed by atoms with Crippen molar-refractivity contribution < 1.29 is 9.59 Å². The number of nitrogens with zero attached hydrogens (tertiary/aromatic N) is 1. The van der Waals surface area contributed by atoms with Crippen LogP contribution in [0.1, 0.15) is 36.3 Å². The van der Waals surface area contributed by atoms with Crippen LogP contribution in [0.25, 0.3) is 0 Å².